The van der Waals surface area contributed by atoms with Crippen molar-refractivity contribution in [2.24, 2.45) is 15.3 Å². The number of guanidine groups is 1. The molecule has 0 heterocycles. The van der Waals surface area contributed by atoms with Gasteiger partial charge in [-0.3, -0.25) is 10.1 Å². The fourth-order valence-corrected chi connectivity index (χ4v) is 2.57. The van der Waals surface area contributed by atoms with E-state index in [0.717, 1.165) is 11.1 Å². The Balaban J connectivity index is 1.76. The lowest BCUT2D eigenvalue weighted by Crippen LogP contribution is -2.39. The van der Waals surface area contributed by atoms with E-state index in [-0.39, 0.29) is 11.5 Å². The lowest BCUT2D eigenvalue weighted by Gasteiger charge is -2.07. The minimum Gasteiger partial charge on any atom is -0.289 e. The first-order chi connectivity index (χ1) is 15.0. The smallest absolute Gasteiger partial charge is 0.261 e. The third kappa shape index (κ3) is 7.02. The van der Waals surface area contributed by atoms with Crippen molar-refractivity contribution in [2.75, 3.05) is 0 Å². The second-order valence-corrected chi connectivity index (χ2v) is 6.97. The molecule has 6 nitrogen and oxygen atoms in total. The van der Waals surface area contributed by atoms with Gasteiger partial charge in [-0.1, -0.05) is 59.6 Å². The average Bonchev–Trinajstić information content (AvgIpc) is 2.76. The summed E-state index contributed by atoms with van der Waals surface area (Å²) in [5.41, 5.74) is 3.97. The Kier molecular flexibility index (Phi) is 7.86. The third-order valence-corrected chi connectivity index (χ3v) is 4.34. The van der Waals surface area contributed by atoms with Crippen LogP contribution in [-0.4, -0.2) is 24.3 Å². The van der Waals surface area contributed by atoms with Gasteiger partial charge in [0.1, 0.15) is 5.82 Å². The summed E-state index contributed by atoms with van der Waals surface area (Å²) in [5, 5.41) is 15.5. The van der Waals surface area contributed by atoms with Crippen LogP contribution in [0.15, 0.2) is 88.1 Å². The van der Waals surface area contributed by atoms with Gasteiger partial charge < -0.3 is 0 Å². The maximum atomic E-state index is 13.9. The first-order valence-corrected chi connectivity index (χ1v) is 9.74. The van der Waals surface area contributed by atoms with Gasteiger partial charge >= 0.3 is 0 Å². The van der Waals surface area contributed by atoms with Crippen LogP contribution < -0.4 is 10.7 Å². The molecule has 0 aromatic heterocycles. The molecule has 0 saturated carbocycles. The van der Waals surface area contributed by atoms with Crippen LogP contribution in [-0.2, 0) is 0 Å². The van der Waals surface area contributed by atoms with Gasteiger partial charge in [0, 0.05) is 10.0 Å². The highest BCUT2D eigenvalue weighted by Gasteiger charge is 2.12. The number of hydrazone groups is 1. The summed E-state index contributed by atoms with van der Waals surface area (Å²) >= 11 is 11.7. The second-order valence-electron chi connectivity index (χ2n) is 6.10. The summed E-state index contributed by atoms with van der Waals surface area (Å²) in [5.74, 6) is -1.45. The quantitative estimate of drug-likeness (QED) is 0.326. The van der Waals surface area contributed by atoms with Crippen molar-refractivity contribution in [1.29, 1.82) is 0 Å². The van der Waals surface area contributed by atoms with Crippen LogP contribution in [0.25, 0.3) is 0 Å². The van der Waals surface area contributed by atoms with Crippen LogP contribution in [0, 0.1) is 5.82 Å². The zero-order valence-electron chi connectivity index (χ0n) is 16.0. The van der Waals surface area contributed by atoms with E-state index in [4.69, 9.17) is 23.2 Å². The molecule has 0 aliphatic heterocycles. The molecule has 156 valence electrons. The zero-order valence-corrected chi connectivity index (χ0v) is 17.5. The molecule has 1 amide bonds. The Bertz CT molecular complexity index is 1130. The molecule has 0 radical (unpaired) electrons. The molecule has 0 atom stereocenters. The highest BCUT2D eigenvalue weighted by atomic mass is 35.5. The number of carbonyl (C=O) groups is 1. The standard InChI is InChI=1S/C22H16Cl2FN5O/c23-17-9-5-15(6-10-17)13-26-29-22(28-21(31)19-3-1-2-4-20(19)25)30-27-14-16-7-11-18(24)12-8-16/h1-14H,(H2,28,29,30,31). The molecule has 31 heavy (non-hydrogen) atoms. The van der Waals surface area contributed by atoms with Crippen molar-refractivity contribution in [3.63, 3.8) is 0 Å². The number of benzene rings is 3. The third-order valence-electron chi connectivity index (χ3n) is 3.84. The van der Waals surface area contributed by atoms with E-state index in [1.54, 1.807) is 54.6 Å². The lowest BCUT2D eigenvalue weighted by molar-refractivity contribution is 0.0972. The summed E-state index contributed by atoms with van der Waals surface area (Å²) < 4.78 is 13.9. The number of nitrogens with one attached hydrogen (secondary N) is 2. The molecule has 3 rings (SSSR count). The lowest BCUT2D eigenvalue weighted by atomic mass is 10.2. The summed E-state index contributed by atoms with van der Waals surface area (Å²) in [6.07, 6.45) is 2.97. The number of hydrogen-bond acceptors (Lipinski definition) is 4. The van der Waals surface area contributed by atoms with Crippen LogP contribution in [0.4, 0.5) is 4.39 Å². The molecular weight excluding hydrogens is 440 g/mol. The van der Waals surface area contributed by atoms with Crippen molar-refractivity contribution in [3.8, 4) is 0 Å². The van der Waals surface area contributed by atoms with Crippen LogP contribution in [0.5, 0.6) is 0 Å². The van der Waals surface area contributed by atoms with Gasteiger partial charge in [-0.05, 0) is 47.5 Å². The van der Waals surface area contributed by atoms with Gasteiger partial charge in [-0.25, -0.2) is 9.82 Å². The average molecular weight is 456 g/mol. The van der Waals surface area contributed by atoms with Gasteiger partial charge in [-0.15, -0.1) is 5.10 Å². The second kappa shape index (κ2) is 11.0. The monoisotopic (exact) mass is 455 g/mol. The van der Waals surface area contributed by atoms with E-state index >= 15 is 0 Å². The van der Waals surface area contributed by atoms with Gasteiger partial charge in [0.05, 0.1) is 18.0 Å². The molecule has 0 aliphatic carbocycles. The predicted molar refractivity (Wildman–Crippen MR) is 123 cm³/mol. The number of hydrogen-bond donors (Lipinski definition) is 2. The molecule has 0 aliphatic rings. The van der Waals surface area contributed by atoms with Crippen molar-refractivity contribution in [3.05, 3.63) is 105 Å². The summed E-state index contributed by atoms with van der Waals surface area (Å²) in [6.45, 7) is 0. The number of carbonyl (C=O) groups excluding carboxylic acids is 1. The number of amides is 1. The fourth-order valence-electron chi connectivity index (χ4n) is 2.31. The van der Waals surface area contributed by atoms with E-state index in [1.807, 2.05) is 0 Å². The van der Waals surface area contributed by atoms with E-state index < -0.39 is 11.7 Å². The first kappa shape index (κ1) is 22.1. The Hall–Kier alpha value is -3.55. The van der Waals surface area contributed by atoms with Gasteiger partial charge in [-0.2, -0.15) is 10.2 Å². The summed E-state index contributed by atoms with van der Waals surface area (Å²) in [4.78, 5) is 12.4. The number of nitrogens with zero attached hydrogens (tertiary/aromatic N) is 3. The largest absolute Gasteiger partial charge is 0.289 e. The molecule has 0 unspecified atom stereocenters. The molecule has 2 N–H and O–H groups in total. The molecule has 0 saturated heterocycles. The molecule has 3 aromatic carbocycles. The van der Waals surface area contributed by atoms with E-state index in [0.29, 0.717) is 10.0 Å². The Labute approximate surface area is 188 Å². The van der Waals surface area contributed by atoms with Crippen molar-refractivity contribution in [2.45, 2.75) is 0 Å². The van der Waals surface area contributed by atoms with E-state index in [2.05, 4.69) is 26.0 Å². The molecule has 0 spiro atoms. The SMILES string of the molecule is O=C(NC(=NN=Cc1ccc(Cl)cc1)NN=Cc1ccc(Cl)cc1)c1ccccc1F. The Morgan fingerprint density at radius 2 is 1.42 bits per heavy atom. The van der Waals surface area contributed by atoms with Gasteiger partial charge in [0.2, 0.25) is 5.96 Å². The molecule has 3 aromatic rings. The maximum absolute atomic E-state index is 13.9. The Morgan fingerprint density at radius 1 is 0.839 bits per heavy atom. The highest BCUT2D eigenvalue weighted by molar-refractivity contribution is 6.30. The van der Waals surface area contributed by atoms with Crippen molar-refractivity contribution >= 4 is 47.5 Å². The van der Waals surface area contributed by atoms with Crippen LogP contribution in [0.2, 0.25) is 10.0 Å². The van der Waals surface area contributed by atoms with Gasteiger partial charge in [0.25, 0.3) is 5.91 Å². The number of rotatable bonds is 5. The molecule has 0 fully saturated rings. The van der Waals surface area contributed by atoms with E-state index in [9.17, 15) is 9.18 Å². The molecular formula is C22H16Cl2FN5O. The van der Waals surface area contributed by atoms with Crippen molar-refractivity contribution in [1.82, 2.24) is 10.7 Å². The van der Waals surface area contributed by atoms with Crippen molar-refractivity contribution < 1.29 is 9.18 Å². The molecule has 9 heteroatoms. The summed E-state index contributed by atoms with van der Waals surface area (Å²) in [7, 11) is 0. The highest BCUT2D eigenvalue weighted by Crippen LogP contribution is 2.09. The minimum absolute atomic E-state index is 0.0938. The molecule has 0 bridgehead atoms. The van der Waals surface area contributed by atoms with Crippen LogP contribution in [0.1, 0.15) is 21.5 Å². The normalized spacial score (nSPS) is 11.8. The summed E-state index contributed by atoms with van der Waals surface area (Å²) in [6, 6.07) is 19.5. The number of halogens is 3. The minimum atomic E-state index is -0.701. The topological polar surface area (TPSA) is 78.2 Å². The predicted octanol–water partition coefficient (Wildman–Crippen LogP) is 4.88. The Morgan fingerprint density at radius 3 is 2.03 bits per heavy atom. The maximum Gasteiger partial charge on any atom is 0.261 e. The zero-order chi connectivity index (χ0) is 22.1. The van der Waals surface area contributed by atoms with E-state index in [1.165, 1.54) is 30.6 Å². The fraction of sp³-hybridized carbons (Fsp3) is 0. The van der Waals surface area contributed by atoms with Gasteiger partial charge in [0.15, 0.2) is 0 Å². The van der Waals surface area contributed by atoms with Crippen LogP contribution >= 0.6 is 23.2 Å². The van der Waals surface area contributed by atoms with Crippen LogP contribution in [0.3, 0.4) is 0 Å². The first-order valence-electron chi connectivity index (χ1n) is 8.98.